The molecule has 0 aliphatic carbocycles. The first-order valence-electron chi connectivity index (χ1n) is 5.73. The van der Waals surface area contributed by atoms with Gasteiger partial charge in [-0.2, -0.15) is 0 Å². The van der Waals surface area contributed by atoms with Crippen LogP contribution in [-0.4, -0.2) is 11.6 Å². The molecule has 1 aromatic carbocycles. The molecule has 0 fully saturated rings. The summed E-state index contributed by atoms with van der Waals surface area (Å²) in [5.41, 5.74) is 0.761. The molecule has 0 atom stereocenters. The van der Waals surface area contributed by atoms with Crippen LogP contribution in [0.5, 0.6) is 0 Å². The lowest BCUT2D eigenvalue weighted by Crippen LogP contribution is -2.22. The summed E-state index contributed by atoms with van der Waals surface area (Å²) in [6.45, 7) is 5.49. The lowest BCUT2D eigenvalue weighted by Gasteiger charge is -2.16. The van der Waals surface area contributed by atoms with Crippen molar-refractivity contribution in [1.29, 1.82) is 0 Å². The zero-order valence-electron chi connectivity index (χ0n) is 10.6. The predicted octanol–water partition coefficient (Wildman–Crippen LogP) is 2.96. The van der Waals surface area contributed by atoms with E-state index in [1.54, 1.807) is 0 Å². The fourth-order valence-electron chi connectivity index (χ4n) is 1.29. The molecule has 2 heteroatoms. The SMILES string of the molecule is CC(C)(C)OC(=O)C#CCCc1ccccc1. The number of esters is 1. The van der Waals surface area contributed by atoms with Crippen LogP contribution in [0, 0.1) is 11.8 Å². The van der Waals surface area contributed by atoms with Gasteiger partial charge in [0, 0.05) is 12.3 Å². The van der Waals surface area contributed by atoms with E-state index in [0.29, 0.717) is 6.42 Å². The highest BCUT2D eigenvalue weighted by atomic mass is 16.6. The van der Waals surface area contributed by atoms with Gasteiger partial charge in [0.1, 0.15) is 5.60 Å². The lowest BCUT2D eigenvalue weighted by molar-refractivity contribution is -0.147. The van der Waals surface area contributed by atoms with Crippen LogP contribution in [0.25, 0.3) is 0 Å². The molecule has 90 valence electrons. The number of benzene rings is 1. The maximum atomic E-state index is 11.3. The molecule has 1 rings (SSSR count). The largest absolute Gasteiger partial charge is 0.450 e. The molecule has 0 saturated heterocycles. The Balaban J connectivity index is 2.35. The molecule has 0 amide bonds. The minimum atomic E-state index is -0.467. The molecule has 0 aliphatic heterocycles. The molecule has 0 radical (unpaired) electrons. The minimum absolute atomic E-state index is 0.453. The van der Waals surface area contributed by atoms with E-state index in [1.165, 1.54) is 5.56 Å². The van der Waals surface area contributed by atoms with Crippen LogP contribution < -0.4 is 0 Å². The first kappa shape index (κ1) is 13.3. The lowest BCUT2D eigenvalue weighted by atomic mass is 10.1. The fourth-order valence-corrected chi connectivity index (χ4v) is 1.29. The standard InChI is InChI=1S/C15H18O2/c1-15(2,3)17-14(16)12-8-7-11-13-9-5-4-6-10-13/h4-6,9-10H,7,11H2,1-3H3. The van der Waals surface area contributed by atoms with E-state index < -0.39 is 11.6 Å². The van der Waals surface area contributed by atoms with Crippen molar-refractivity contribution in [1.82, 2.24) is 0 Å². The van der Waals surface area contributed by atoms with Gasteiger partial charge in [-0.1, -0.05) is 36.3 Å². The highest BCUT2D eigenvalue weighted by Crippen LogP contribution is 2.06. The number of aryl methyl sites for hydroxylation is 1. The van der Waals surface area contributed by atoms with Gasteiger partial charge in [-0.25, -0.2) is 4.79 Å². The quantitative estimate of drug-likeness (QED) is 0.443. The van der Waals surface area contributed by atoms with Crippen molar-refractivity contribution in [2.24, 2.45) is 0 Å². The molecule has 17 heavy (non-hydrogen) atoms. The maximum absolute atomic E-state index is 11.3. The van der Waals surface area contributed by atoms with E-state index in [1.807, 2.05) is 39.0 Å². The first-order chi connectivity index (χ1) is 7.97. The van der Waals surface area contributed by atoms with Crippen molar-refractivity contribution < 1.29 is 9.53 Å². The molecule has 0 unspecified atom stereocenters. The van der Waals surface area contributed by atoms with Crippen LogP contribution >= 0.6 is 0 Å². The van der Waals surface area contributed by atoms with Gasteiger partial charge in [0.2, 0.25) is 0 Å². The van der Waals surface area contributed by atoms with Crippen molar-refractivity contribution >= 4 is 5.97 Å². The van der Waals surface area contributed by atoms with Crippen molar-refractivity contribution in [3.8, 4) is 11.8 Å². The molecule has 0 aromatic heterocycles. The topological polar surface area (TPSA) is 26.3 Å². The summed E-state index contributed by atoms with van der Waals surface area (Å²) in [7, 11) is 0. The van der Waals surface area contributed by atoms with Gasteiger partial charge in [-0.15, -0.1) is 0 Å². The molecular weight excluding hydrogens is 212 g/mol. The Bertz CT molecular complexity index is 416. The van der Waals surface area contributed by atoms with E-state index in [0.717, 1.165) is 6.42 Å². The van der Waals surface area contributed by atoms with Crippen LogP contribution in [-0.2, 0) is 16.0 Å². The molecule has 0 saturated carbocycles. The van der Waals surface area contributed by atoms with E-state index in [-0.39, 0.29) is 0 Å². The first-order valence-corrected chi connectivity index (χ1v) is 5.73. The zero-order valence-corrected chi connectivity index (χ0v) is 10.6. The van der Waals surface area contributed by atoms with Gasteiger partial charge in [-0.05, 0) is 32.8 Å². The molecule has 2 nitrogen and oxygen atoms in total. The Morgan fingerprint density at radius 3 is 2.47 bits per heavy atom. The second-order valence-corrected chi connectivity index (χ2v) is 4.79. The smallest absolute Gasteiger partial charge is 0.384 e. The highest BCUT2D eigenvalue weighted by Gasteiger charge is 2.13. The number of rotatable bonds is 2. The van der Waals surface area contributed by atoms with Gasteiger partial charge in [0.15, 0.2) is 0 Å². The third-order valence-corrected chi connectivity index (χ3v) is 1.97. The molecule has 0 bridgehead atoms. The van der Waals surface area contributed by atoms with Gasteiger partial charge in [-0.3, -0.25) is 0 Å². The van der Waals surface area contributed by atoms with Crippen LogP contribution in [0.1, 0.15) is 32.8 Å². The number of carbonyl (C=O) groups is 1. The van der Waals surface area contributed by atoms with Gasteiger partial charge >= 0.3 is 5.97 Å². The van der Waals surface area contributed by atoms with E-state index in [4.69, 9.17) is 4.74 Å². The average Bonchev–Trinajstić information content (AvgIpc) is 2.23. The van der Waals surface area contributed by atoms with Crippen molar-refractivity contribution in [2.75, 3.05) is 0 Å². The Morgan fingerprint density at radius 2 is 1.88 bits per heavy atom. The van der Waals surface area contributed by atoms with Crippen LogP contribution in [0.3, 0.4) is 0 Å². The molecule has 0 spiro atoms. The summed E-state index contributed by atoms with van der Waals surface area (Å²) < 4.78 is 5.08. The minimum Gasteiger partial charge on any atom is -0.450 e. The summed E-state index contributed by atoms with van der Waals surface area (Å²) >= 11 is 0. The summed E-state index contributed by atoms with van der Waals surface area (Å²) in [6.07, 6.45) is 1.53. The molecular formula is C15H18O2. The Morgan fingerprint density at radius 1 is 1.24 bits per heavy atom. The van der Waals surface area contributed by atoms with Crippen molar-refractivity contribution in [2.45, 2.75) is 39.2 Å². The number of hydrogen-bond acceptors (Lipinski definition) is 2. The Labute approximate surface area is 103 Å². The summed E-state index contributed by atoms with van der Waals surface area (Å²) in [5.74, 6) is 4.88. The molecule has 0 heterocycles. The van der Waals surface area contributed by atoms with E-state index in [2.05, 4.69) is 24.0 Å². The number of carbonyl (C=O) groups excluding carboxylic acids is 1. The normalized spacial score (nSPS) is 10.3. The summed E-state index contributed by atoms with van der Waals surface area (Å²) in [4.78, 5) is 11.3. The van der Waals surface area contributed by atoms with Crippen molar-refractivity contribution in [3.63, 3.8) is 0 Å². The maximum Gasteiger partial charge on any atom is 0.384 e. The van der Waals surface area contributed by atoms with E-state index >= 15 is 0 Å². The van der Waals surface area contributed by atoms with Crippen molar-refractivity contribution in [3.05, 3.63) is 35.9 Å². The second kappa shape index (κ2) is 6.10. The monoisotopic (exact) mass is 230 g/mol. The van der Waals surface area contributed by atoms with Crippen LogP contribution in [0.15, 0.2) is 30.3 Å². The number of ether oxygens (including phenoxy) is 1. The van der Waals surface area contributed by atoms with Gasteiger partial charge < -0.3 is 4.74 Å². The summed E-state index contributed by atoms with van der Waals surface area (Å²) in [6, 6.07) is 10.1. The summed E-state index contributed by atoms with van der Waals surface area (Å²) in [5, 5.41) is 0. The fraction of sp³-hybridized carbons (Fsp3) is 0.400. The van der Waals surface area contributed by atoms with Gasteiger partial charge in [0.25, 0.3) is 0 Å². The molecule has 1 aromatic rings. The molecule has 0 N–H and O–H groups in total. The third-order valence-electron chi connectivity index (χ3n) is 1.97. The average molecular weight is 230 g/mol. The van der Waals surface area contributed by atoms with Gasteiger partial charge in [0.05, 0.1) is 0 Å². The second-order valence-electron chi connectivity index (χ2n) is 4.79. The van der Waals surface area contributed by atoms with Crippen LogP contribution in [0.4, 0.5) is 0 Å². The third kappa shape index (κ3) is 6.42. The zero-order chi connectivity index (χ0) is 12.7. The Kier molecular flexibility index (Phi) is 4.78. The predicted molar refractivity (Wildman–Crippen MR) is 68.4 cm³/mol. The van der Waals surface area contributed by atoms with E-state index in [9.17, 15) is 4.79 Å². The Hall–Kier alpha value is -1.75. The molecule has 0 aliphatic rings. The highest BCUT2D eigenvalue weighted by molar-refractivity contribution is 5.88. The number of hydrogen-bond donors (Lipinski definition) is 0. The van der Waals surface area contributed by atoms with Crippen LogP contribution in [0.2, 0.25) is 0 Å².